The Morgan fingerprint density at radius 1 is 1.53 bits per heavy atom. The molecular weight excluding hydrogens is 267 g/mol. The van der Waals surface area contributed by atoms with Gasteiger partial charge in [0.2, 0.25) is 0 Å². The van der Waals surface area contributed by atoms with E-state index in [0.29, 0.717) is 0 Å². The molecule has 92 valence electrons. The molecular formula is C10H10Cl2N2O3. The van der Waals surface area contributed by atoms with Crippen molar-refractivity contribution in [2.75, 3.05) is 13.1 Å². The number of aromatic nitrogens is 1. The van der Waals surface area contributed by atoms with Crippen LogP contribution in [0, 0.1) is 0 Å². The molecule has 1 aromatic rings. The van der Waals surface area contributed by atoms with Crippen LogP contribution in [0.2, 0.25) is 10.2 Å². The van der Waals surface area contributed by atoms with E-state index in [1.165, 1.54) is 12.1 Å². The van der Waals surface area contributed by atoms with Gasteiger partial charge in [-0.05, 0) is 6.07 Å². The predicted molar refractivity (Wildman–Crippen MR) is 64.5 cm³/mol. The van der Waals surface area contributed by atoms with Gasteiger partial charge in [-0.25, -0.2) is 0 Å². The van der Waals surface area contributed by atoms with E-state index >= 15 is 0 Å². The second-order valence-corrected chi connectivity index (χ2v) is 4.00. The summed E-state index contributed by atoms with van der Waals surface area (Å²) in [5, 5.41) is 9.03. The number of carboxylic acid groups (broad SMARTS) is 1. The van der Waals surface area contributed by atoms with Crippen molar-refractivity contribution < 1.29 is 14.7 Å². The predicted octanol–water partition coefficient (Wildman–Crippen LogP) is 2.03. The number of nitrogens with zero attached hydrogens (tertiary/aromatic N) is 1. The van der Waals surface area contributed by atoms with E-state index < -0.39 is 18.4 Å². The van der Waals surface area contributed by atoms with Gasteiger partial charge in [0.15, 0.2) is 0 Å². The van der Waals surface area contributed by atoms with Crippen molar-refractivity contribution in [2.24, 2.45) is 0 Å². The quantitative estimate of drug-likeness (QED) is 0.809. The first-order chi connectivity index (χ1) is 7.95. The minimum absolute atomic E-state index is 0.124. The summed E-state index contributed by atoms with van der Waals surface area (Å²) >= 11 is 11.4. The lowest BCUT2D eigenvalue weighted by Gasteiger charge is -2.17. The summed E-state index contributed by atoms with van der Waals surface area (Å²) in [6.07, 6.45) is 1.44. The molecule has 0 aliphatic rings. The van der Waals surface area contributed by atoms with Gasteiger partial charge in [0.25, 0.3) is 5.91 Å². The SMILES string of the molecule is C=CCN(CC(=O)O)C(=O)c1cc(Cl)c(Cl)[nH]1. The number of carbonyl (C=O) groups is 2. The number of halogens is 2. The molecule has 0 aliphatic carbocycles. The van der Waals surface area contributed by atoms with Crippen LogP contribution >= 0.6 is 23.2 Å². The van der Waals surface area contributed by atoms with E-state index in [2.05, 4.69) is 11.6 Å². The lowest BCUT2D eigenvalue weighted by molar-refractivity contribution is -0.137. The second kappa shape index (κ2) is 5.75. The Morgan fingerprint density at radius 3 is 2.59 bits per heavy atom. The van der Waals surface area contributed by atoms with Crippen molar-refractivity contribution in [3.8, 4) is 0 Å². The highest BCUT2D eigenvalue weighted by atomic mass is 35.5. The van der Waals surface area contributed by atoms with Gasteiger partial charge in [-0.1, -0.05) is 29.3 Å². The molecule has 5 nitrogen and oxygen atoms in total. The first-order valence-electron chi connectivity index (χ1n) is 4.61. The molecule has 2 N–H and O–H groups in total. The molecule has 0 aromatic carbocycles. The number of carboxylic acids is 1. The molecule has 0 aliphatic heterocycles. The van der Waals surface area contributed by atoms with Gasteiger partial charge >= 0.3 is 5.97 Å². The number of H-pyrrole nitrogens is 1. The van der Waals surface area contributed by atoms with Gasteiger partial charge in [0, 0.05) is 6.54 Å². The monoisotopic (exact) mass is 276 g/mol. The van der Waals surface area contributed by atoms with Crippen molar-refractivity contribution in [1.82, 2.24) is 9.88 Å². The Labute approximate surface area is 108 Å². The average Bonchev–Trinajstić information content (AvgIpc) is 2.57. The Kier molecular flexibility index (Phi) is 4.60. The second-order valence-electron chi connectivity index (χ2n) is 3.21. The summed E-state index contributed by atoms with van der Waals surface area (Å²) in [5.74, 6) is -1.61. The van der Waals surface area contributed by atoms with Crippen LogP contribution in [0.15, 0.2) is 18.7 Å². The van der Waals surface area contributed by atoms with Crippen LogP contribution in [-0.2, 0) is 4.79 Å². The molecule has 1 amide bonds. The first-order valence-corrected chi connectivity index (χ1v) is 5.37. The zero-order chi connectivity index (χ0) is 13.0. The third-order valence-electron chi connectivity index (χ3n) is 1.92. The van der Waals surface area contributed by atoms with Gasteiger partial charge < -0.3 is 15.0 Å². The summed E-state index contributed by atoms with van der Waals surface area (Å²) in [6, 6.07) is 1.35. The molecule has 1 rings (SSSR count). The number of hydrogen-bond donors (Lipinski definition) is 2. The van der Waals surface area contributed by atoms with Gasteiger partial charge in [0.1, 0.15) is 17.4 Å². The zero-order valence-corrected chi connectivity index (χ0v) is 10.3. The fourth-order valence-electron chi connectivity index (χ4n) is 1.23. The largest absolute Gasteiger partial charge is 0.480 e. The summed E-state index contributed by atoms with van der Waals surface area (Å²) in [6.45, 7) is 3.16. The normalized spacial score (nSPS) is 10.0. The molecule has 0 saturated heterocycles. The van der Waals surface area contributed by atoms with Crippen LogP contribution in [0.4, 0.5) is 0 Å². The maximum Gasteiger partial charge on any atom is 0.323 e. The molecule has 0 bridgehead atoms. The molecule has 1 heterocycles. The Bertz CT molecular complexity index is 437. The fraction of sp³-hybridized carbons (Fsp3) is 0.200. The highest BCUT2D eigenvalue weighted by Crippen LogP contribution is 2.22. The van der Waals surface area contributed by atoms with Crippen molar-refractivity contribution in [3.63, 3.8) is 0 Å². The van der Waals surface area contributed by atoms with Crippen molar-refractivity contribution in [2.45, 2.75) is 0 Å². The summed E-state index contributed by atoms with van der Waals surface area (Å²) in [7, 11) is 0. The lowest BCUT2D eigenvalue weighted by Crippen LogP contribution is -2.35. The molecule has 0 radical (unpaired) electrons. The number of carbonyl (C=O) groups excluding carboxylic acids is 1. The van der Waals surface area contributed by atoms with Crippen LogP contribution in [0.3, 0.4) is 0 Å². The van der Waals surface area contributed by atoms with Crippen molar-refractivity contribution in [1.29, 1.82) is 0 Å². The lowest BCUT2D eigenvalue weighted by atomic mass is 10.3. The van der Waals surface area contributed by atoms with Crippen LogP contribution in [0.25, 0.3) is 0 Å². The summed E-state index contributed by atoms with van der Waals surface area (Å²) in [4.78, 5) is 26.2. The number of rotatable bonds is 5. The van der Waals surface area contributed by atoms with Gasteiger partial charge in [-0.3, -0.25) is 9.59 Å². The molecule has 17 heavy (non-hydrogen) atoms. The summed E-state index contributed by atoms with van der Waals surface area (Å²) in [5.41, 5.74) is 0.142. The number of aliphatic carboxylic acids is 1. The minimum Gasteiger partial charge on any atom is -0.480 e. The van der Waals surface area contributed by atoms with Crippen LogP contribution in [0.5, 0.6) is 0 Å². The number of nitrogens with one attached hydrogen (secondary N) is 1. The Balaban J connectivity index is 2.90. The van der Waals surface area contributed by atoms with Gasteiger partial charge in [-0.15, -0.1) is 6.58 Å². The maximum atomic E-state index is 11.9. The minimum atomic E-state index is -1.11. The molecule has 0 unspecified atom stereocenters. The van der Waals surface area contributed by atoms with Gasteiger partial charge in [-0.2, -0.15) is 0 Å². The van der Waals surface area contributed by atoms with E-state index in [4.69, 9.17) is 28.3 Å². The fourth-order valence-corrected chi connectivity index (χ4v) is 1.54. The summed E-state index contributed by atoms with van der Waals surface area (Å²) < 4.78 is 0. The maximum absolute atomic E-state index is 11.9. The van der Waals surface area contributed by atoms with E-state index in [9.17, 15) is 9.59 Å². The van der Waals surface area contributed by atoms with Gasteiger partial charge in [0.05, 0.1) is 5.02 Å². The molecule has 0 spiro atoms. The molecule has 7 heteroatoms. The van der Waals surface area contributed by atoms with E-state index in [0.717, 1.165) is 4.90 Å². The van der Waals surface area contributed by atoms with Crippen LogP contribution in [0.1, 0.15) is 10.5 Å². The third kappa shape index (κ3) is 3.51. The van der Waals surface area contributed by atoms with Crippen molar-refractivity contribution >= 4 is 35.1 Å². The number of hydrogen-bond acceptors (Lipinski definition) is 2. The highest BCUT2D eigenvalue weighted by molar-refractivity contribution is 6.41. The molecule has 0 fully saturated rings. The molecule has 0 saturated carbocycles. The van der Waals surface area contributed by atoms with E-state index in [1.54, 1.807) is 0 Å². The standard InChI is InChI=1S/C10H10Cl2N2O3/c1-2-3-14(5-8(15)16)10(17)7-4-6(11)9(12)13-7/h2,4,13H,1,3,5H2,(H,15,16). The van der Waals surface area contributed by atoms with Crippen LogP contribution < -0.4 is 0 Å². The highest BCUT2D eigenvalue weighted by Gasteiger charge is 2.19. The van der Waals surface area contributed by atoms with E-state index in [1.807, 2.05) is 0 Å². The van der Waals surface area contributed by atoms with E-state index in [-0.39, 0.29) is 22.4 Å². The van der Waals surface area contributed by atoms with Crippen molar-refractivity contribution in [3.05, 3.63) is 34.6 Å². The Hall–Kier alpha value is -1.46. The first kappa shape index (κ1) is 13.6. The Morgan fingerprint density at radius 2 is 2.18 bits per heavy atom. The number of aromatic amines is 1. The zero-order valence-electron chi connectivity index (χ0n) is 8.74. The number of amides is 1. The molecule has 0 atom stereocenters. The third-order valence-corrected chi connectivity index (χ3v) is 2.61. The topological polar surface area (TPSA) is 73.4 Å². The smallest absolute Gasteiger partial charge is 0.323 e. The molecule has 1 aromatic heterocycles. The average molecular weight is 277 g/mol. The van der Waals surface area contributed by atoms with Crippen LogP contribution in [-0.4, -0.2) is 40.0 Å².